The van der Waals surface area contributed by atoms with Crippen molar-refractivity contribution >= 4 is 22.6 Å². The number of hydrogen-bond donors (Lipinski definition) is 0. The largest absolute Gasteiger partial charge is 0.325 e. The van der Waals surface area contributed by atoms with Crippen molar-refractivity contribution in [3.05, 3.63) is 29.6 Å². The molecule has 2 unspecified atom stereocenters. The number of hydrogen-bond acceptors (Lipinski definition) is 1. The summed E-state index contributed by atoms with van der Waals surface area (Å²) < 4.78 is 2.52. The molecule has 1 saturated carbocycles. The Labute approximate surface area is 132 Å². The van der Waals surface area contributed by atoms with Gasteiger partial charge in [-0.2, -0.15) is 0 Å². The van der Waals surface area contributed by atoms with E-state index in [0.29, 0.717) is 11.9 Å². The first-order chi connectivity index (χ1) is 10.2. The molecule has 0 saturated heterocycles. The van der Waals surface area contributed by atoms with E-state index in [9.17, 15) is 0 Å². The van der Waals surface area contributed by atoms with Gasteiger partial charge < -0.3 is 4.57 Å². The Bertz CT molecular complexity index is 617. The van der Waals surface area contributed by atoms with Crippen molar-refractivity contribution in [3.8, 4) is 0 Å². The molecule has 0 radical (unpaired) electrons. The van der Waals surface area contributed by atoms with Crippen LogP contribution in [0.5, 0.6) is 0 Å². The van der Waals surface area contributed by atoms with Crippen LogP contribution in [0.1, 0.15) is 56.5 Å². The van der Waals surface area contributed by atoms with Crippen LogP contribution in [0.2, 0.25) is 0 Å². The van der Waals surface area contributed by atoms with Gasteiger partial charge in [0.25, 0.3) is 0 Å². The summed E-state index contributed by atoms with van der Waals surface area (Å²) in [5, 5.41) is 0. The Morgan fingerprint density at radius 1 is 1.29 bits per heavy atom. The third-order valence-electron chi connectivity index (χ3n) is 4.96. The van der Waals surface area contributed by atoms with E-state index in [4.69, 9.17) is 16.6 Å². The molecule has 0 N–H and O–H groups in total. The molecule has 2 nitrogen and oxygen atoms in total. The van der Waals surface area contributed by atoms with E-state index < -0.39 is 0 Å². The highest BCUT2D eigenvalue weighted by Crippen LogP contribution is 2.38. The van der Waals surface area contributed by atoms with Gasteiger partial charge in [0, 0.05) is 18.3 Å². The number of halogens is 1. The zero-order valence-corrected chi connectivity index (χ0v) is 13.9. The minimum atomic E-state index is 0.606. The molecular formula is C18H25ClN2. The Kier molecular flexibility index (Phi) is 4.54. The van der Waals surface area contributed by atoms with E-state index >= 15 is 0 Å². The summed E-state index contributed by atoms with van der Waals surface area (Å²) in [5.41, 5.74) is 3.71. The SMILES string of the molecule is CCC1CCCCC1n1c(CCCl)nc2cc(C)ccc21. The van der Waals surface area contributed by atoms with Gasteiger partial charge in [-0.05, 0) is 43.4 Å². The van der Waals surface area contributed by atoms with Crippen LogP contribution in [-0.2, 0) is 6.42 Å². The lowest BCUT2D eigenvalue weighted by molar-refractivity contribution is 0.233. The molecule has 1 heterocycles. The molecule has 21 heavy (non-hydrogen) atoms. The Hall–Kier alpha value is -1.02. The molecule has 1 aromatic heterocycles. The van der Waals surface area contributed by atoms with Gasteiger partial charge in [0.05, 0.1) is 11.0 Å². The quantitative estimate of drug-likeness (QED) is 0.704. The average molecular weight is 305 g/mol. The number of aromatic nitrogens is 2. The minimum Gasteiger partial charge on any atom is -0.325 e. The maximum Gasteiger partial charge on any atom is 0.111 e. The van der Waals surface area contributed by atoms with E-state index in [-0.39, 0.29) is 0 Å². The molecule has 1 aliphatic carbocycles. The molecular weight excluding hydrogens is 280 g/mol. The summed E-state index contributed by atoms with van der Waals surface area (Å²) in [6, 6.07) is 7.26. The van der Waals surface area contributed by atoms with Gasteiger partial charge in [-0.15, -0.1) is 11.6 Å². The maximum absolute atomic E-state index is 6.02. The van der Waals surface area contributed by atoms with Crippen LogP contribution >= 0.6 is 11.6 Å². The van der Waals surface area contributed by atoms with E-state index in [1.165, 1.54) is 49.0 Å². The number of alkyl halides is 1. The predicted molar refractivity (Wildman–Crippen MR) is 90.2 cm³/mol. The van der Waals surface area contributed by atoms with Crippen LogP contribution in [0, 0.1) is 12.8 Å². The Morgan fingerprint density at radius 2 is 2.10 bits per heavy atom. The molecule has 114 valence electrons. The second-order valence-corrected chi connectivity index (χ2v) is 6.73. The summed E-state index contributed by atoms with van der Waals surface area (Å²) in [7, 11) is 0. The van der Waals surface area contributed by atoms with Crippen molar-refractivity contribution in [1.82, 2.24) is 9.55 Å². The molecule has 1 fully saturated rings. The zero-order valence-electron chi connectivity index (χ0n) is 13.1. The van der Waals surface area contributed by atoms with Crippen LogP contribution < -0.4 is 0 Å². The monoisotopic (exact) mass is 304 g/mol. The lowest BCUT2D eigenvalue weighted by atomic mass is 9.82. The van der Waals surface area contributed by atoms with Crippen molar-refractivity contribution in [2.75, 3.05) is 5.88 Å². The molecule has 1 aliphatic rings. The summed E-state index contributed by atoms with van der Waals surface area (Å²) in [5.74, 6) is 2.61. The van der Waals surface area contributed by atoms with Crippen molar-refractivity contribution in [3.63, 3.8) is 0 Å². The first-order valence-electron chi connectivity index (χ1n) is 8.28. The topological polar surface area (TPSA) is 17.8 Å². The van der Waals surface area contributed by atoms with E-state index in [1.807, 2.05) is 0 Å². The van der Waals surface area contributed by atoms with Crippen LogP contribution in [0.4, 0.5) is 0 Å². The average Bonchev–Trinajstić information content (AvgIpc) is 2.84. The fourth-order valence-electron chi connectivity index (χ4n) is 3.89. The first kappa shape index (κ1) is 14.9. The van der Waals surface area contributed by atoms with Gasteiger partial charge in [-0.25, -0.2) is 4.98 Å². The van der Waals surface area contributed by atoms with Gasteiger partial charge in [0.15, 0.2) is 0 Å². The van der Waals surface area contributed by atoms with Crippen LogP contribution in [0.25, 0.3) is 11.0 Å². The number of nitrogens with zero attached hydrogens (tertiary/aromatic N) is 2. The Morgan fingerprint density at radius 3 is 2.86 bits per heavy atom. The second kappa shape index (κ2) is 6.39. The van der Waals surface area contributed by atoms with Crippen LogP contribution in [0.3, 0.4) is 0 Å². The lowest BCUT2D eigenvalue weighted by Crippen LogP contribution is -2.24. The van der Waals surface area contributed by atoms with E-state index in [1.54, 1.807) is 0 Å². The van der Waals surface area contributed by atoms with Gasteiger partial charge in [0.2, 0.25) is 0 Å². The van der Waals surface area contributed by atoms with E-state index in [2.05, 4.69) is 36.6 Å². The molecule has 0 spiro atoms. The molecule has 0 aliphatic heterocycles. The number of imidazole rings is 1. The first-order valence-corrected chi connectivity index (χ1v) is 8.81. The molecule has 0 bridgehead atoms. The molecule has 2 atom stereocenters. The van der Waals surface area contributed by atoms with Crippen LogP contribution in [-0.4, -0.2) is 15.4 Å². The summed E-state index contributed by atoms with van der Waals surface area (Å²) in [4.78, 5) is 4.89. The lowest BCUT2D eigenvalue weighted by Gasteiger charge is -2.33. The standard InChI is InChI=1S/C18H25ClN2/c1-3-14-6-4-5-7-16(14)21-17-9-8-13(2)12-15(17)20-18(21)10-11-19/h8-9,12,14,16H,3-7,10-11H2,1-2H3. The summed E-state index contributed by atoms with van der Waals surface area (Å²) >= 11 is 6.02. The van der Waals surface area contributed by atoms with Crippen molar-refractivity contribution in [2.24, 2.45) is 5.92 Å². The summed E-state index contributed by atoms with van der Waals surface area (Å²) in [6.07, 6.45) is 7.48. The van der Waals surface area contributed by atoms with Gasteiger partial charge in [-0.3, -0.25) is 0 Å². The third kappa shape index (κ3) is 2.83. The molecule has 3 rings (SSSR count). The molecule has 0 amide bonds. The van der Waals surface area contributed by atoms with Crippen molar-refractivity contribution < 1.29 is 0 Å². The number of rotatable bonds is 4. The molecule has 2 aromatic rings. The highest BCUT2D eigenvalue weighted by molar-refractivity contribution is 6.17. The fourth-order valence-corrected chi connectivity index (χ4v) is 4.06. The number of benzene rings is 1. The number of fused-ring (bicyclic) bond motifs is 1. The highest BCUT2D eigenvalue weighted by atomic mass is 35.5. The molecule has 3 heteroatoms. The van der Waals surface area contributed by atoms with Crippen molar-refractivity contribution in [2.45, 2.75) is 58.4 Å². The Balaban J connectivity index is 2.11. The highest BCUT2D eigenvalue weighted by Gasteiger charge is 2.28. The van der Waals surface area contributed by atoms with Gasteiger partial charge in [0.1, 0.15) is 5.82 Å². The van der Waals surface area contributed by atoms with E-state index in [0.717, 1.165) is 17.9 Å². The van der Waals surface area contributed by atoms with Gasteiger partial charge >= 0.3 is 0 Å². The summed E-state index contributed by atoms with van der Waals surface area (Å²) in [6.45, 7) is 4.46. The maximum atomic E-state index is 6.02. The predicted octanol–water partition coefficient (Wildman–Crippen LogP) is 5.27. The normalized spacial score (nSPS) is 22.8. The second-order valence-electron chi connectivity index (χ2n) is 6.35. The zero-order chi connectivity index (χ0) is 14.8. The number of aryl methyl sites for hydroxylation is 2. The smallest absolute Gasteiger partial charge is 0.111 e. The fraction of sp³-hybridized carbons (Fsp3) is 0.611. The third-order valence-corrected chi connectivity index (χ3v) is 5.15. The molecule has 1 aromatic carbocycles. The minimum absolute atomic E-state index is 0.606. The van der Waals surface area contributed by atoms with Crippen molar-refractivity contribution in [1.29, 1.82) is 0 Å². The van der Waals surface area contributed by atoms with Gasteiger partial charge in [-0.1, -0.05) is 32.3 Å². The van der Waals surface area contributed by atoms with Crippen LogP contribution in [0.15, 0.2) is 18.2 Å².